The number of aromatic nitrogens is 1. The first-order chi connectivity index (χ1) is 22.0. The van der Waals surface area contributed by atoms with Gasteiger partial charge in [-0.05, 0) is 75.6 Å². The van der Waals surface area contributed by atoms with E-state index in [1.54, 1.807) is 17.2 Å². The highest BCUT2D eigenvalue weighted by molar-refractivity contribution is 7.11. The molecule has 13 heteroatoms. The molecule has 1 aromatic carbocycles. The van der Waals surface area contributed by atoms with Gasteiger partial charge in [0.2, 0.25) is 0 Å². The summed E-state index contributed by atoms with van der Waals surface area (Å²) in [5.41, 5.74) is 3.98. The molecule has 0 amide bonds. The molecule has 6 rings (SSSR count). The Hall–Kier alpha value is -2.93. The smallest absolute Gasteiger partial charge is 0.327 e. The number of nitrogens with zero attached hydrogens (tertiary/aromatic N) is 6. The fourth-order valence-corrected chi connectivity index (χ4v) is 7.82. The van der Waals surface area contributed by atoms with Crippen LogP contribution < -0.4 is 0 Å². The summed E-state index contributed by atoms with van der Waals surface area (Å²) in [6.07, 6.45) is 3.08. The molecule has 0 bridgehead atoms. The second kappa shape index (κ2) is 13.7. The summed E-state index contributed by atoms with van der Waals surface area (Å²) in [5.74, 6) is 0.395. The number of benzene rings is 1. The van der Waals surface area contributed by atoms with Crippen LogP contribution in [0.1, 0.15) is 42.8 Å². The van der Waals surface area contributed by atoms with E-state index >= 15 is 0 Å². The largest absolute Gasteiger partial charge is 0.404 e. The Morgan fingerprint density at radius 3 is 2.74 bits per heavy atom. The van der Waals surface area contributed by atoms with Crippen LogP contribution >= 0.6 is 22.9 Å². The molecule has 2 aromatic rings. The monoisotopic (exact) mass is 678 g/mol. The van der Waals surface area contributed by atoms with Crippen molar-refractivity contribution >= 4 is 34.5 Å². The van der Waals surface area contributed by atoms with Gasteiger partial charge in [-0.15, -0.1) is 11.3 Å². The van der Waals surface area contributed by atoms with Crippen molar-refractivity contribution in [2.24, 2.45) is 15.9 Å². The maximum Gasteiger partial charge on any atom is 0.404 e. The average molecular weight is 679 g/mol. The highest BCUT2D eigenvalue weighted by atomic mass is 35.5. The molecule has 246 valence electrons. The summed E-state index contributed by atoms with van der Waals surface area (Å²) in [6.45, 7) is 4.44. The number of dihydropyridines is 1. The predicted molar refractivity (Wildman–Crippen MR) is 173 cm³/mol. The molecule has 0 radical (unpaired) electrons. The van der Waals surface area contributed by atoms with E-state index in [1.165, 1.54) is 36.5 Å². The van der Waals surface area contributed by atoms with Gasteiger partial charge in [0, 0.05) is 59.6 Å². The lowest BCUT2D eigenvalue weighted by Gasteiger charge is -2.33. The molecule has 0 aliphatic carbocycles. The summed E-state index contributed by atoms with van der Waals surface area (Å²) in [5, 5.41) is 2.88. The number of allylic oxidation sites excluding steroid dienone is 3. The maximum absolute atomic E-state index is 14.2. The number of fused-ring (bicyclic) bond motifs is 1. The Morgan fingerprint density at radius 1 is 1.24 bits per heavy atom. The SMILES string of the molecule is CC(F)C=C1C=CC(C2=C3C[C@H](CN(C)CCN4CCC[C@@H]4C(F)(F)F)CN3C(c3nccs3)=N[C@H]2c2ccc(F)cc2Cl)=NC1. The van der Waals surface area contributed by atoms with Crippen molar-refractivity contribution in [3.63, 3.8) is 0 Å². The van der Waals surface area contributed by atoms with Crippen molar-refractivity contribution in [3.05, 3.63) is 86.3 Å². The molecule has 4 aliphatic rings. The van der Waals surface area contributed by atoms with Crippen LogP contribution in [0.15, 0.2) is 74.8 Å². The molecule has 6 nitrogen and oxygen atoms in total. The lowest BCUT2D eigenvalue weighted by atomic mass is 9.89. The van der Waals surface area contributed by atoms with Crippen molar-refractivity contribution in [2.75, 3.05) is 46.3 Å². The van der Waals surface area contributed by atoms with E-state index in [9.17, 15) is 22.0 Å². The Bertz CT molecular complexity index is 1580. The number of likely N-dealkylation sites (tertiary alicyclic amines) is 1. The van der Waals surface area contributed by atoms with Gasteiger partial charge in [-0.2, -0.15) is 13.2 Å². The first-order valence-corrected chi connectivity index (χ1v) is 16.7. The van der Waals surface area contributed by atoms with Gasteiger partial charge in [0.1, 0.15) is 24.1 Å². The predicted octanol–water partition coefficient (Wildman–Crippen LogP) is 7.27. The number of rotatable bonds is 9. The molecule has 1 aromatic heterocycles. The van der Waals surface area contributed by atoms with Crippen molar-refractivity contribution in [3.8, 4) is 0 Å². The van der Waals surface area contributed by atoms with Gasteiger partial charge in [0.05, 0.1) is 12.3 Å². The van der Waals surface area contributed by atoms with Crippen molar-refractivity contribution in [1.82, 2.24) is 19.7 Å². The summed E-state index contributed by atoms with van der Waals surface area (Å²) >= 11 is 8.11. The van der Waals surface area contributed by atoms with Crippen LogP contribution in [0.5, 0.6) is 0 Å². The van der Waals surface area contributed by atoms with E-state index in [0.29, 0.717) is 69.2 Å². The Kier molecular flexibility index (Phi) is 9.80. The lowest BCUT2D eigenvalue weighted by Crippen LogP contribution is -2.44. The number of thiazole rings is 1. The van der Waals surface area contributed by atoms with Crippen LogP contribution in [0.25, 0.3) is 0 Å². The quantitative estimate of drug-likeness (QED) is 0.262. The molecule has 4 atom stereocenters. The number of alkyl halides is 4. The zero-order valence-corrected chi connectivity index (χ0v) is 27.2. The van der Waals surface area contributed by atoms with Crippen LogP contribution in [0.4, 0.5) is 22.0 Å². The standard InChI is InChI=1S/C33H36ClF5N6S/c1-20(35)14-21-5-8-26(41-17-21)29-27-15-22(18-43(2)11-12-44-10-3-4-28(44)33(37,38)39)19-45(27)31(32-40-9-13-46-32)42-30(29)24-7-6-23(36)16-25(24)34/h5-9,13-14,16,20,22,28,30H,3-4,10-12,15,17-19H2,1-2H3/t20?,22-,28-,30+/m1/s1. The normalized spacial score (nSPS) is 25.5. The first kappa shape index (κ1) is 33.0. The number of hydrogen-bond donors (Lipinski definition) is 0. The third-order valence-corrected chi connectivity index (χ3v) is 10.0. The summed E-state index contributed by atoms with van der Waals surface area (Å²) in [4.78, 5) is 20.4. The Balaban J connectivity index is 1.32. The highest BCUT2D eigenvalue weighted by Crippen LogP contribution is 2.44. The number of hydrogen-bond acceptors (Lipinski definition) is 7. The molecule has 0 spiro atoms. The molecule has 2 saturated heterocycles. The number of likely N-dealkylation sites (N-methyl/N-ethyl adjacent to an activating group) is 1. The Morgan fingerprint density at radius 2 is 2.07 bits per heavy atom. The highest BCUT2D eigenvalue weighted by Gasteiger charge is 2.46. The second-order valence-corrected chi connectivity index (χ2v) is 13.7. The summed E-state index contributed by atoms with van der Waals surface area (Å²) in [6, 6.07) is 2.35. The average Bonchev–Trinajstić information content (AvgIpc) is 3.77. The zero-order valence-electron chi connectivity index (χ0n) is 25.7. The molecule has 0 saturated carbocycles. The molecule has 46 heavy (non-hydrogen) atoms. The third-order valence-electron chi connectivity index (χ3n) is 8.91. The number of amidine groups is 1. The van der Waals surface area contributed by atoms with Crippen LogP contribution in [0.2, 0.25) is 5.02 Å². The third kappa shape index (κ3) is 7.14. The van der Waals surface area contributed by atoms with Gasteiger partial charge in [-0.1, -0.05) is 23.7 Å². The van der Waals surface area contributed by atoms with E-state index in [1.807, 2.05) is 24.6 Å². The molecule has 4 aliphatic heterocycles. The van der Waals surface area contributed by atoms with Gasteiger partial charge in [0.25, 0.3) is 0 Å². The van der Waals surface area contributed by atoms with Gasteiger partial charge in [-0.3, -0.25) is 14.9 Å². The van der Waals surface area contributed by atoms with E-state index in [4.69, 9.17) is 21.6 Å². The first-order valence-electron chi connectivity index (χ1n) is 15.5. The van der Waals surface area contributed by atoms with E-state index in [0.717, 1.165) is 21.9 Å². The lowest BCUT2D eigenvalue weighted by molar-refractivity contribution is -0.176. The minimum Gasteiger partial charge on any atom is -0.327 e. The topological polar surface area (TPSA) is 47.3 Å². The van der Waals surface area contributed by atoms with Gasteiger partial charge in [-0.25, -0.2) is 13.8 Å². The van der Waals surface area contributed by atoms with Crippen LogP contribution in [-0.2, 0) is 0 Å². The number of halogens is 6. The van der Waals surface area contributed by atoms with Crippen molar-refractivity contribution in [2.45, 2.75) is 50.6 Å². The van der Waals surface area contributed by atoms with Gasteiger partial charge >= 0.3 is 6.18 Å². The molecule has 5 heterocycles. The molecular weight excluding hydrogens is 643 g/mol. The molecular formula is C33H36ClF5N6S. The molecule has 1 unspecified atom stereocenters. The van der Waals surface area contributed by atoms with Crippen LogP contribution in [0.3, 0.4) is 0 Å². The van der Waals surface area contributed by atoms with Crippen molar-refractivity contribution in [1.29, 1.82) is 0 Å². The van der Waals surface area contributed by atoms with Crippen molar-refractivity contribution < 1.29 is 22.0 Å². The summed E-state index contributed by atoms with van der Waals surface area (Å²) < 4.78 is 68.4. The van der Waals surface area contributed by atoms with Crippen LogP contribution in [-0.4, -0.2) is 95.9 Å². The van der Waals surface area contributed by atoms with Crippen LogP contribution in [0, 0.1) is 11.7 Å². The zero-order chi connectivity index (χ0) is 32.6. The van der Waals surface area contributed by atoms with E-state index in [2.05, 4.69) is 14.8 Å². The van der Waals surface area contributed by atoms with Gasteiger partial charge < -0.3 is 9.80 Å². The Labute approximate surface area is 274 Å². The maximum atomic E-state index is 14.2. The fraction of sp³-hybridized carbons (Fsp3) is 0.485. The minimum absolute atomic E-state index is 0.149. The van der Waals surface area contributed by atoms with E-state index in [-0.39, 0.29) is 17.4 Å². The number of aliphatic imine (C=N–C) groups is 2. The summed E-state index contributed by atoms with van der Waals surface area (Å²) in [7, 11) is 1.95. The fourth-order valence-electron chi connectivity index (χ4n) is 6.91. The molecule has 2 fully saturated rings. The van der Waals surface area contributed by atoms with E-state index < -0.39 is 30.2 Å². The minimum atomic E-state index is -4.21. The second-order valence-electron chi connectivity index (χ2n) is 12.4. The van der Waals surface area contributed by atoms with Gasteiger partial charge in [0.15, 0.2) is 10.8 Å². The molecule has 0 N–H and O–H groups in total.